The third-order valence-corrected chi connectivity index (χ3v) is 5.04. The van der Waals surface area contributed by atoms with Crippen LogP contribution in [0.1, 0.15) is 50.3 Å². The van der Waals surface area contributed by atoms with Crippen molar-refractivity contribution in [3.8, 4) is 11.5 Å². The molecule has 0 radical (unpaired) electrons. The van der Waals surface area contributed by atoms with Crippen LogP contribution in [0.5, 0.6) is 11.5 Å². The Morgan fingerprint density at radius 1 is 1.00 bits per heavy atom. The first-order valence-electron chi connectivity index (χ1n) is 8.96. The largest absolute Gasteiger partial charge is 0.586 e. The van der Waals surface area contributed by atoms with Crippen molar-refractivity contribution in [1.29, 1.82) is 0 Å². The minimum atomic E-state index is -3.52. The van der Waals surface area contributed by atoms with Crippen LogP contribution in [0.25, 0.3) is 0 Å². The Morgan fingerprint density at radius 3 is 2.38 bits per heavy atom. The van der Waals surface area contributed by atoms with E-state index in [1.165, 1.54) is 34.3 Å². The number of alkyl halides is 2. The number of hydrogen-bond acceptors (Lipinski definition) is 3. The monoisotopic (exact) mass is 380 g/mol. The number of thioether (sulfide) groups is 1. The van der Waals surface area contributed by atoms with Gasteiger partial charge in [0.1, 0.15) is 0 Å². The molecule has 0 saturated heterocycles. The van der Waals surface area contributed by atoms with E-state index in [1.54, 1.807) is 12.1 Å². The van der Waals surface area contributed by atoms with E-state index in [9.17, 15) is 8.78 Å². The van der Waals surface area contributed by atoms with Gasteiger partial charge in [-0.05, 0) is 48.6 Å². The molecule has 0 N–H and O–H groups in total. The van der Waals surface area contributed by atoms with Crippen molar-refractivity contribution in [3.63, 3.8) is 0 Å². The van der Waals surface area contributed by atoms with Crippen LogP contribution in [0, 0.1) is 6.92 Å². The van der Waals surface area contributed by atoms with Gasteiger partial charge in [-0.15, -0.1) is 20.5 Å². The minimum absolute atomic E-state index is 0.0967. The Balaban J connectivity index is 0.000000178. The Bertz CT molecular complexity index is 745. The van der Waals surface area contributed by atoms with Crippen LogP contribution in [-0.2, 0) is 6.42 Å². The van der Waals surface area contributed by atoms with Crippen LogP contribution in [0.3, 0.4) is 0 Å². The van der Waals surface area contributed by atoms with Crippen LogP contribution in [0.4, 0.5) is 8.78 Å². The molecule has 0 unspecified atom stereocenters. The van der Waals surface area contributed by atoms with E-state index in [-0.39, 0.29) is 17.4 Å². The van der Waals surface area contributed by atoms with Crippen LogP contribution in [0.15, 0.2) is 41.3 Å². The number of halogens is 2. The highest BCUT2D eigenvalue weighted by Gasteiger charge is 2.43. The topological polar surface area (TPSA) is 18.5 Å². The Labute approximate surface area is 158 Å². The van der Waals surface area contributed by atoms with Crippen molar-refractivity contribution in [1.82, 2.24) is 0 Å². The third-order valence-electron chi connectivity index (χ3n) is 3.94. The zero-order valence-electron chi connectivity index (χ0n) is 15.9. The van der Waals surface area contributed by atoms with Gasteiger partial charge in [-0.25, -0.2) is 0 Å². The Kier molecular flexibility index (Phi) is 6.93. The lowest BCUT2D eigenvalue weighted by atomic mass is 10.0. The van der Waals surface area contributed by atoms with Crippen molar-refractivity contribution in [2.75, 3.05) is 5.75 Å². The molecule has 0 saturated carbocycles. The maximum atomic E-state index is 12.6. The summed E-state index contributed by atoms with van der Waals surface area (Å²) in [6, 6.07) is 11.6. The molecule has 2 aromatic rings. The van der Waals surface area contributed by atoms with Gasteiger partial charge in [0.25, 0.3) is 0 Å². The van der Waals surface area contributed by atoms with Crippen molar-refractivity contribution >= 4 is 11.8 Å². The molecule has 4 rings (SSSR count). The number of rotatable bonds is 1. The van der Waals surface area contributed by atoms with Crippen molar-refractivity contribution in [2.24, 2.45) is 0 Å². The lowest BCUT2D eigenvalue weighted by Gasteiger charge is -2.05. The molecule has 0 aromatic heterocycles. The summed E-state index contributed by atoms with van der Waals surface area (Å²) in [5, 5.41) is 0. The molecule has 2 aliphatic rings. The molecule has 2 nitrogen and oxygen atoms in total. The fraction of sp³-hybridized carbons (Fsp3) is 0.429. The third kappa shape index (κ3) is 5.13. The standard InChI is InChI=1S/C10H10F2O2.C9H10S.C2H6/c1-6(2)7-3-4-8-9(5-7)14-10(11,12)13-8;1-7-2-3-8-4-5-10-9(8)6-7;1-2/h3-6H,1-2H3;2-3,6H,4-5H2,1H3;1-2H3. The number of aryl methyl sites for hydroxylation is 2. The lowest BCUT2D eigenvalue weighted by molar-refractivity contribution is -0.286. The molecule has 0 atom stereocenters. The summed E-state index contributed by atoms with van der Waals surface area (Å²) in [6.07, 6.45) is -2.25. The average Bonchev–Trinajstić information content (AvgIpc) is 3.17. The molecule has 0 amide bonds. The van der Waals surface area contributed by atoms with Crippen LogP contribution in [-0.4, -0.2) is 12.0 Å². The number of benzene rings is 2. The summed E-state index contributed by atoms with van der Waals surface area (Å²) in [5.74, 6) is 1.76. The number of fused-ring (bicyclic) bond motifs is 2. The number of ether oxygens (including phenoxy) is 2. The van der Waals surface area contributed by atoms with Gasteiger partial charge in [0.2, 0.25) is 0 Å². The number of hydrogen-bond donors (Lipinski definition) is 0. The lowest BCUT2D eigenvalue weighted by Crippen LogP contribution is -2.25. The van der Waals surface area contributed by atoms with E-state index < -0.39 is 6.29 Å². The molecule has 2 heterocycles. The zero-order chi connectivity index (χ0) is 19.3. The first-order chi connectivity index (χ1) is 12.3. The van der Waals surface area contributed by atoms with Crippen molar-refractivity contribution in [2.45, 2.75) is 58.1 Å². The molecule has 5 heteroatoms. The zero-order valence-corrected chi connectivity index (χ0v) is 16.8. The average molecular weight is 381 g/mol. The normalized spacial score (nSPS) is 15.5. The second-order valence-corrected chi connectivity index (χ2v) is 7.37. The van der Waals surface area contributed by atoms with Gasteiger partial charge in [0, 0.05) is 10.6 Å². The minimum Gasteiger partial charge on any atom is -0.395 e. The van der Waals surface area contributed by atoms with E-state index in [4.69, 9.17) is 0 Å². The predicted molar refractivity (Wildman–Crippen MR) is 104 cm³/mol. The van der Waals surface area contributed by atoms with Gasteiger partial charge < -0.3 is 9.47 Å². The molecular weight excluding hydrogens is 354 g/mol. The molecule has 0 aliphatic carbocycles. The summed E-state index contributed by atoms with van der Waals surface area (Å²) in [7, 11) is 0. The predicted octanol–water partition coefficient (Wildman–Crippen LogP) is 6.80. The summed E-state index contributed by atoms with van der Waals surface area (Å²) < 4.78 is 33.9. The Hall–Kier alpha value is -1.75. The SMILES string of the molecule is CC.CC(C)c1ccc2c(c1)OC(F)(F)O2.Cc1ccc2c(c1)SCC2. The van der Waals surface area contributed by atoms with E-state index in [0.717, 1.165) is 5.56 Å². The molecule has 2 aromatic carbocycles. The van der Waals surface area contributed by atoms with Gasteiger partial charge in [-0.3, -0.25) is 0 Å². The molecule has 142 valence electrons. The molecule has 0 bridgehead atoms. The van der Waals surface area contributed by atoms with E-state index in [0.29, 0.717) is 0 Å². The van der Waals surface area contributed by atoms with Crippen LogP contribution >= 0.6 is 11.8 Å². The van der Waals surface area contributed by atoms with Gasteiger partial charge in [0.15, 0.2) is 11.5 Å². The second kappa shape index (κ2) is 8.76. The van der Waals surface area contributed by atoms with Crippen molar-refractivity contribution in [3.05, 3.63) is 53.1 Å². The van der Waals surface area contributed by atoms with Crippen LogP contribution < -0.4 is 9.47 Å². The van der Waals surface area contributed by atoms with Gasteiger partial charge in [0.05, 0.1) is 0 Å². The highest BCUT2D eigenvalue weighted by atomic mass is 32.2. The summed E-state index contributed by atoms with van der Waals surface area (Å²) >= 11 is 1.98. The molecular formula is C21H26F2O2S. The second-order valence-electron chi connectivity index (χ2n) is 6.24. The van der Waals surface area contributed by atoms with Gasteiger partial charge in [-0.2, -0.15) is 0 Å². The van der Waals surface area contributed by atoms with Gasteiger partial charge in [-0.1, -0.05) is 51.5 Å². The quantitative estimate of drug-likeness (QED) is 0.542. The van der Waals surface area contributed by atoms with E-state index in [2.05, 4.69) is 34.6 Å². The van der Waals surface area contributed by atoms with Gasteiger partial charge >= 0.3 is 6.29 Å². The highest BCUT2D eigenvalue weighted by Crippen LogP contribution is 2.42. The summed E-state index contributed by atoms with van der Waals surface area (Å²) in [5.41, 5.74) is 3.87. The molecule has 2 aliphatic heterocycles. The summed E-state index contributed by atoms with van der Waals surface area (Å²) in [4.78, 5) is 1.50. The smallest absolute Gasteiger partial charge is 0.395 e. The Morgan fingerprint density at radius 2 is 1.69 bits per heavy atom. The first-order valence-corrected chi connectivity index (χ1v) is 9.95. The fourth-order valence-electron chi connectivity index (χ4n) is 2.60. The first kappa shape index (κ1) is 20.6. The molecule has 0 fully saturated rings. The van der Waals surface area contributed by atoms with E-state index in [1.807, 2.05) is 39.5 Å². The van der Waals surface area contributed by atoms with E-state index >= 15 is 0 Å². The fourth-order valence-corrected chi connectivity index (χ4v) is 3.76. The summed E-state index contributed by atoms with van der Waals surface area (Å²) in [6.45, 7) is 10.1. The molecule has 0 spiro atoms. The van der Waals surface area contributed by atoms with Crippen molar-refractivity contribution < 1.29 is 18.3 Å². The maximum Gasteiger partial charge on any atom is 0.586 e. The highest BCUT2D eigenvalue weighted by molar-refractivity contribution is 7.99. The molecule has 26 heavy (non-hydrogen) atoms. The van der Waals surface area contributed by atoms with Crippen LogP contribution in [0.2, 0.25) is 0 Å². The maximum absolute atomic E-state index is 12.6.